The van der Waals surface area contributed by atoms with Crippen LogP contribution in [0.5, 0.6) is 0 Å². The van der Waals surface area contributed by atoms with Crippen LogP contribution in [0.3, 0.4) is 0 Å². The van der Waals surface area contributed by atoms with Crippen LogP contribution >= 0.6 is 11.3 Å². The van der Waals surface area contributed by atoms with Crippen LogP contribution in [0.15, 0.2) is 34.7 Å². The number of para-hydroxylation sites is 1. The van der Waals surface area contributed by atoms with Gasteiger partial charge in [0.05, 0.1) is 5.75 Å². The fourth-order valence-corrected chi connectivity index (χ4v) is 3.16. The second kappa shape index (κ2) is 4.80. The van der Waals surface area contributed by atoms with E-state index in [4.69, 9.17) is 0 Å². The van der Waals surface area contributed by atoms with Gasteiger partial charge in [-0.1, -0.05) is 36.5 Å². The molecule has 1 N–H and O–H groups in total. The van der Waals surface area contributed by atoms with E-state index in [0.717, 1.165) is 17.0 Å². The molecule has 5 nitrogen and oxygen atoms in total. The molecule has 0 radical (unpaired) electrons. The quantitative estimate of drug-likeness (QED) is 0.920. The number of sulfone groups is 1. The Morgan fingerprint density at radius 3 is 2.59 bits per heavy atom. The number of nitrogens with zero attached hydrogens (tertiary/aromatic N) is 2. The second-order valence-electron chi connectivity index (χ2n) is 3.27. The molecule has 2 aromatic rings. The lowest BCUT2D eigenvalue weighted by Crippen LogP contribution is -2.02. The first kappa shape index (κ1) is 12.0. The van der Waals surface area contributed by atoms with Crippen molar-refractivity contribution in [1.82, 2.24) is 10.2 Å². The summed E-state index contributed by atoms with van der Waals surface area (Å²) in [5.74, 6) is 0.0347. The van der Waals surface area contributed by atoms with Gasteiger partial charge in [-0.15, -0.1) is 10.2 Å². The van der Waals surface area contributed by atoms with Gasteiger partial charge in [-0.05, 0) is 12.1 Å². The van der Waals surface area contributed by atoms with Crippen LogP contribution in [0, 0.1) is 0 Å². The molecule has 0 saturated heterocycles. The largest absolute Gasteiger partial charge is 0.330 e. The van der Waals surface area contributed by atoms with Crippen LogP contribution in [0.1, 0.15) is 6.92 Å². The van der Waals surface area contributed by atoms with Gasteiger partial charge in [-0.2, -0.15) is 0 Å². The Kier molecular flexibility index (Phi) is 3.39. The highest BCUT2D eigenvalue weighted by molar-refractivity contribution is 7.93. The molecule has 1 aromatic carbocycles. The van der Waals surface area contributed by atoms with Crippen LogP contribution in [0.25, 0.3) is 0 Å². The first-order valence-electron chi connectivity index (χ1n) is 5.00. The van der Waals surface area contributed by atoms with Gasteiger partial charge in [0.1, 0.15) is 0 Å². The van der Waals surface area contributed by atoms with E-state index in [9.17, 15) is 8.42 Å². The SMILES string of the molecule is CCS(=O)(=O)c1nnc(Nc2ccccc2)s1. The summed E-state index contributed by atoms with van der Waals surface area (Å²) in [6, 6.07) is 9.41. The third-order valence-electron chi connectivity index (χ3n) is 2.08. The Morgan fingerprint density at radius 2 is 1.94 bits per heavy atom. The molecule has 0 fully saturated rings. The molecule has 0 aliphatic heterocycles. The highest BCUT2D eigenvalue weighted by atomic mass is 32.2. The van der Waals surface area contributed by atoms with Gasteiger partial charge >= 0.3 is 0 Å². The van der Waals surface area contributed by atoms with Crippen molar-refractivity contribution in [3.8, 4) is 0 Å². The molecule has 7 heteroatoms. The normalized spacial score (nSPS) is 11.4. The number of benzene rings is 1. The average molecular weight is 269 g/mol. The van der Waals surface area contributed by atoms with Gasteiger partial charge in [0.25, 0.3) is 0 Å². The lowest BCUT2D eigenvalue weighted by molar-refractivity contribution is 0.595. The first-order chi connectivity index (χ1) is 8.12. The van der Waals surface area contributed by atoms with Gasteiger partial charge < -0.3 is 5.32 Å². The summed E-state index contributed by atoms with van der Waals surface area (Å²) in [5.41, 5.74) is 0.851. The maximum Gasteiger partial charge on any atom is 0.234 e. The Bertz CT molecular complexity index is 593. The zero-order chi connectivity index (χ0) is 12.3. The molecule has 1 heterocycles. The van der Waals surface area contributed by atoms with Crippen molar-refractivity contribution in [3.05, 3.63) is 30.3 Å². The molecule has 0 unspecified atom stereocenters. The molecular formula is C10H11N3O2S2. The molecule has 0 aliphatic carbocycles. The molecular weight excluding hydrogens is 258 g/mol. The highest BCUT2D eigenvalue weighted by Gasteiger charge is 2.17. The van der Waals surface area contributed by atoms with Gasteiger partial charge in [0.15, 0.2) is 0 Å². The van der Waals surface area contributed by atoms with E-state index in [2.05, 4.69) is 15.5 Å². The molecule has 0 spiro atoms. The minimum atomic E-state index is -3.26. The second-order valence-corrected chi connectivity index (χ2v) is 6.70. The summed E-state index contributed by atoms with van der Waals surface area (Å²) in [6.07, 6.45) is 0. The third kappa shape index (κ3) is 2.80. The number of hydrogen-bond donors (Lipinski definition) is 1. The Balaban J connectivity index is 2.20. The maximum atomic E-state index is 11.5. The molecule has 1 aromatic heterocycles. The van der Waals surface area contributed by atoms with Crippen molar-refractivity contribution in [1.29, 1.82) is 0 Å². The van der Waals surface area contributed by atoms with Crippen molar-refractivity contribution in [2.45, 2.75) is 11.3 Å². The minimum Gasteiger partial charge on any atom is -0.330 e. The maximum absolute atomic E-state index is 11.5. The standard InChI is InChI=1S/C10H11N3O2S2/c1-2-17(14,15)10-13-12-9(16-10)11-8-6-4-3-5-7-8/h3-7H,2H2,1H3,(H,11,12). The molecule has 17 heavy (non-hydrogen) atoms. The van der Waals surface area contributed by atoms with Crippen molar-refractivity contribution < 1.29 is 8.42 Å². The lowest BCUT2D eigenvalue weighted by Gasteiger charge is -1.99. The molecule has 0 aliphatic rings. The summed E-state index contributed by atoms with van der Waals surface area (Å²) in [7, 11) is -3.26. The lowest BCUT2D eigenvalue weighted by atomic mass is 10.3. The topological polar surface area (TPSA) is 72.0 Å². The predicted molar refractivity (Wildman–Crippen MR) is 67.4 cm³/mol. The van der Waals surface area contributed by atoms with E-state index in [1.807, 2.05) is 30.3 Å². The summed E-state index contributed by atoms with van der Waals surface area (Å²) in [5, 5.41) is 11.0. The van der Waals surface area contributed by atoms with Crippen LogP contribution in [0.2, 0.25) is 0 Å². The Labute approximate surface area is 103 Å². The smallest absolute Gasteiger partial charge is 0.234 e. The number of aromatic nitrogens is 2. The van der Waals surface area contributed by atoms with E-state index in [0.29, 0.717) is 5.13 Å². The van der Waals surface area contributed by atoms with Crippen molar-refractivity contribution in [3.63, 3.8) is 0 Å². The zero-order valence-electron chi connectivity index (χ0n) is 9.12. The number of hydrogen-bond acceptors (Lipinski definition) is 6. The van der Waals surface area contributed by atoms with Crippen LogP contribution in [-0.2, 0) is 9.84 Å². The Hall–Kier alpha value is -1.47. The average Bonchev–Trinajstić information content (AvgIpc) is 2.80. The number of rotatable bonds is 4. The fourth-order valence-electron chi connectivity index (χ4n) is 1.15. The number of nitrogens with one attached hydrogen (secondary N) is 1. The van der Waals surface area contributed by atoms with Crippen LogP contribution in [0.4, 0.5) is 10.8 Å². The summed E-state index contributed by atoms with van der Waals surface area (Å²) in [6.45, 7) is 1.58. The predicted octanol–water partition coefficient (Wildman–Crippen LogP) is 2.08. The fraction of sp³-hybridized carbons (Fsp3) is 0.200. The molecule has 0 amide bonds. The van der Waals surface area contributed by atoms with Crippen molar-refractivity contribution in [2.75, 3.05) is 11.1 Å². The van der Waals surface area contributed by atoms with Gasteiger partial charge in [0.2, 0.25) is 19.3 Å². The number of anilines is 2. The molecule has 0 atom stereocenters. The van der Waals surface area contributed by atoms with E-state index >= 15 is 0 Å². The minimum absolute atomic E-state index is 0.0347. The molecule has 0 bridgehead atoms. The third-order valence-corrected chi connectivity index (χ3v) is 5.10. The van der Waals surface area contributed by atoms with Gasteiger partial charge in [-0.3, -0.25) is 0 Å². The van der Waals surface area contributed by atoms with Crippen LogP contribution in [-0.4, -0.2) is 24.4 Å². The van der Waals surface area contributed by atoms with E-state index in [1.165, 1.54) is 0 Å². The molecule has 2 rings (SSSR count). The zero-order valence-corrected chi connectivity index (χ0v) is 10.8. The van der Waals surface area contributed by atoms with Gasteiger partial charge in [0, 0.05) is 5.69 Å². The highest BCUT2D eigenvalue weighted by Crippen LogP contribution is 2.23. The van der Waals surface area contributed by atoms with Crippen LogP contribution < -0.4 is 5.32 Å². The summed E-state index contributed by atoms with van der Waals surface area (Å²) in [4.78, 5) is 0. The Morgan fingerprint density at radius 1 is 1.24 bits per heavy atom. The first-order valence-corrected chi connectivity index (χ1v) is 7.47. The van der Waals surface area contributed by atoms with E-state index < -0.39 is 9.84 Å². The molecule has 90 valence electrons. The summed E-state index contributed by atoms with van der Waals surface area (Å²) < 4.78 is 23.1. The monoisotopic (exact) mass is 269 g/mol. The van der Waals surface area contributed by atoms with Crippen molar-refractivity contribution in [2.24, 2.45) is 0 Å². The summed E-state index contributed by atoms with van der Waals surface area (Å²) >= 11 is 1.04. The van der Waals surface area contributed by atoms with Crippen molar-refractivity contribution >= 4 is 32.0 Å². The van der Waals surface area contributed by atoms with E-state index in [1.54, 1.807) is 6.92 Å². The van der Waals surface area contributed by atoms with Gasteiger partial charge in [-0.25, -0.2) is 8.42 Å². The molecule has 0 saturated carbocycles. The van der Waals surface area contributed by atoms with E-state index in [-0.39, 0.29) is 10.1 Å².